The molecule has 1 atom stereocenters. The Kier molecular flexibility index (Phi) is 11.5. The third-order valence-corrected chi connectivity index (χ3v) is 6.61. The fraction of sp³-hybridized carbons (Fsp3) is 0.552. The van der Waals surface area contributed by atoms with E-state index in [1.807, 2.05) is 24.3 Å². The van der Waals surface area contributed by atoms with Crippen molar-refractivity contribution in [2.75, 3.05) is 6.54 Å². The maximum atomic E-state index is 12.4. The first-order valence-electron chi connectivity index (χ1n) is 13.1. The number of carbonyl (C=O) groups is 1. The largest absolute Gasteiger partial charge is 0.352 e. The molecule has 4 nitrogen and oxygen atoms in total. The molecule has 0 spiro atoms. The van der Waals surface area contributed by atoms with Gasteiger partial charge in [0.05, 0.1) is 0 Å². The molecule has 1 unspecified atom stereocenters. The summed E-state index contributed by atoms with van der Waals surface area (Å²) >= 11 is 0. The van der Waals surface area contributed by atoms with Crippen molar-refractivity contribution < 1.29 is 9.63 Å². The van der Waals surface area contributed by atoms with E-state index in [2.05, 4.69) is 42.0 Å². The smallest absolute Gasteiger partial charge is 0.251 e. The summed E-state index contributed by atoms with van der Waals surface area (Å²) in [6.07, 6.45) is 15.3. The number of carbonyl (C=O) groups excluding carboxylic acids is 1. The van der Waals surface area contributed by atoms with Crippen molar-refractivity contribution >= 4 is 5.91 Å². The second-order valence-corrected chi connectivity index (χ2v) is 9.30. The number of hydrogen-bond acceptors (Lipinski definition) is 3. The summed E-state index contributed by atoms with van der Waals surface area (Å²) in [4.78, 5) is 18.3. The zero-order valence-electron chi connectivity index (χ0n) is 20.4. The molecular formula is C29H42N2O2. The van der Waals surface area contributed by atoms with E-state index in [0.717, 1.165) is 36.9 Å². The van der Waals surface area contributed by atoms with Gasteiger partial charge in [-0.1, -0.05) is 101 Å². The average molecular weight is 451 g/mol. The summed E-state index contributed by atoms with van der Waals surface area (Å²) in [5.41, 5.74) is 7.61. The maximum absolute atomic E-state index is 12.4. The Balaban J connectivity index is 1.24. The van der Waals surface area contributed by atoms with Crippen LogP contribution in [-0.4, -0.2) is 12.5 Å². The highest BCUT2D eigenvalue weighted by molar-refractivity contribution is 5.94. The van der Waals surface area contributed by atoms with Crippen molar-refractivity contribution in [3.05, 3.63) is 70.8 Å². The second-order valence-electron chi connectivity index (χ2n) is 9.30. The third-order valence-electron chi connectivity index (χ3n) is 6.61. The minimum atomic E-state index is 0.0178. The van der Waals surface area contributed by atoms with Gasteiger partial charge in [0.2, 0.25) is 0 Å². The number of hydrogen-bond donors (Lipinski definition) is 2. The fourth-order valence-electron chi connectivity index (χ4n) is 4.56. The van der Waals surface area contributed by atoms with E-state index >= 15 is 0 Å². The topological polar surface area (TPSA) is 50.4 Å². The molecule has 2 aromatic rings. The molecule has 33 heavy (non-hydrogen) atoms. The van der Waals surface area contributed by atoms with Gasteiger partial charge in [-0.3, -0.25) is 9.63 Å². The van der Waals surface area contributed by atoms with E-state index in [1.165, 1.54) is 68.9 Å². The molecular weight excluding hydrogens is 408 g/mol. The molecule has 2 N–H and O–H groups in total. The van der Waals surface area contributed by atoms with Gasteiger partial charge in [0.1, 0.15) is 6.10 Å². The molecule has 3 rings (SSSR count). The van der Waals surface area contributed by atoms with Crippen LogP contribution in [0.15, 0.2) is 48.5 Å². The van der Waals surface area contributed by atoms with Gasteiger partial charge in [-0.2, -0.15) is 5.48 Å². The third kappa shape index (κ3) is 8.94. The highest BCUT2D eigenvalue weighted by Crippen LogP contribution is 2.32. The molecule has 0 aromatic heterocycles. The Labute approximate surface area is 200 Å². The SMILES string of the molecule is CCCCCCCCCCCCNC(=O)c1ccc(CNOC2CCc3ccccc32)cc1. The van der Waals surface area contributed by atoms with E-state index in [1.54, 1.807) is 0 Å². The van der Waals surface area contributed by atoms with Crippen LogP contribution in [0.4, 0.5) is 0 Å². The van der Waals surface area contributed by atoms with Gasteiger partial charge in [0, 0.05) is 18.7 Å². The van der Waals surface area contributed by atoms with Crippen LogP contribution in [0.5, 0.6) is 0 Å². The van der Waals surface area contributed by atoms with Crippen LogP contribution in [0.2, 0.25) is 0 Å². The lowest BCUT2D eigenvalue weighted by atomic mass is 10.1. The van der Waals surface area contributed by atoms with Crippen LogP contribution in [-0.2, 0) is 17.8 Å². The minimum Gasteiger partial charge on any atom is -0.352 e. The number of unbranched alkanes of at least 4 members (excludes halogenated alkanes) is 9. The summed E-state index contributed by atoms with van der Waals surface area (Å²) in [5, 5.41) is 3.05. The van der Waals surface area contributed by atoms with Crippen LogP contribution < -0.4 is 10.8 Å². The summed E-state index contributed by atoms with van der Waals surface area (Å²) in [6, 6.07) is 16.3. The molecule has 1 aliphatic rings. The van der Waals surface area contributed by atoms with Crippen molar-refractivity contribution in [3.8, 4) is 0 Å². The summed E-state index contributed by atoms with van der Waals surface area (Å²) in [5.74, 6) is 0.0178. The second kappa shape index (κ2) is 14.9. The van der Waals surface area contributed by atoms with Gasteiger partial charge in [0.15, 0.2) is 0 Å². The molecule has 0 aliphatic heterocycles. The quantitative estimate of drug-likeness (QED) is 0.213. The Morgan fingerprint density at radius 3 is 2.27 bits per heavy atom. The lowest BCUT2D eigenvalue weighted by molar-refractivity contribution is -0.0292. The van der Waals surface area contributed by atoms with Crippen LogP contribution in [0.3, 0.4) is 0 Å². The molecule has 0 saturated carbocycles. The van der Waals surface area contributed by atoms with Crippen molar-refractivity contribution in [1.29, 1.82) is 0 Å². The van der Waals surface area contributed by atoms with Crippen molar-refractivity contribution in [2.45, 2.75) is 96.6 Å². The first-order chi connectivity index (χ1) is 16.3. The van der Waals surface area contributed by atoms with Gasteiger partial charge in [-0.15, -0.1) is 0 Å². The molecule has 0 bridgehead atoms. The minimum absolute atomic E-state index is 0.0178. The molecule has 0 saturated heterocycles. The number of aryl methyl sites for hydroxylation is 1. The van der Waals surface area contributed by atoms with E-state index in [9.17, 15) is 4.79 Å². The molecule has 0 radical (unpaired) electrons. The van der Waals surface area contributed by atoms with E-state index in [4.69, 9.17) is 4.84 Å². The van der Waals surface area contributed by atoms with Crippen LogP contribution in [0.25, 0.3) is 0 Å². The van der Waals surface area contributed by atoms with Crippen molar-refractivity contribution in [1.82, 2.24) is 10.8 Å². The molecule has 180 valence electrons. The summed E-state index contributed by atoms with van der Waals surface area (Å²) in [6.45, 7) is 3.65. The van der Waals surface area contributed by atoms with E-state index in [0.29, 0.717) is 6.54 Å². The highest BCUT2D eigenvalue weighted by atomic mass is 16.7. The average Bonchev–Trinajstić information content (AvgIpc) is 3.26. The molecule has 0 heterocycles. The monoisotopic (exact) mass is 450 g/mol. The lowest BCUT2D eigenvalue weighted by Gasteiger charge is -2.14. The predicted molar refractivity (Wildman–Crippen MR) is 136 cm³/mol. The molecule has 4 heteroatoms. The number of benzene rings is 2. The van der Waals surface area contributed by atoms with Crippen molar-refractivity contribution in [2.24, 2.45) is 0 Å². The number of amides is 1. The molecule has 1 aliphatic carbocycles. The van der Waals surface area contributed by atoms with Crippen molar-refractivity contribution in [3.63, 3.8) is 0 Å². The van der Waals surface area contributed by atoms with Crippen LogP contribution in [0.1, 0.15) is 111 Å². The van der Waals surface area contributed by atoms with E-state index < -0.39 is 0 Å². The Morgan fingerprint density at radius 1 is 0.879 bits per heavy atom. The predicted octanol–water partition coefficient (Wildman–Crippen LogP) is 7.05. The Hall–Kier alpha value is -2.17. The first-order valence-corrected chi connectivity index (χ1v) is 13.1. The number of fused-ring (bicyclic) bond motifs is 1. The van der Waals surface area contributed by atoms with Gasteiger partial charge in [0.25, 0.3) is 5.91 Å². The van der Waals surface area contributed by atoms with Gasteiger partial charge >= 0.3 is 0 Å². The zero-order chi connectivity index (χ0) is 23.1. The molecule has 0 fully saturated rings. The van der Waals surface area contributed by atoms with Crippen LogP contribution in [0, 0.1) is 0 Å². The van der Waals surface area contributed by atoms with Gasteiger partial charge in [-0.05, 0) is 48.1 Å². The first kappa shape index (κ1) is 25.5. The van der Waals surface area contributed by atoms with Gasteiger partial charge < -0.3 is 5.32 Å². The normalized spacial score (nSPS) is 14.9. The van der Waals surface area contributed by atoms with Crippen LogP contribution >= 0.6 is 0 Å². The van der Waals surface area contributed by atoms with E-state index in [-0.39, 0.29) is 12.0 Å². The summed E-state index contributed by atoms with van der Waals surface area (Å²) < 4.78 is 0. The Morgan fingerprint density at radius 2 is 1.55 bits per heavy atom. The summed E-state index contributed by atoms with van der Waals surface area (Å²) in [7, 11) is 0. The molecule has 2 aromatic carbocycles. The maximum Gasteiger partial charge on any atom is 0.251 e. The zero-order valence-corrected chi connectivity index (χ0v) is 20.4. The molecule has 1 amide bonds. The highest BCUT2D eigenvalue weighted by Gasteiger charge is 2.22. The number of nitrogens with one attached hydrogen (secondary N) is 2. The number of rotatable bonds is 16. The lowest BCUT2D eigenvalue weighted by Crippen LogP contribution is -2.24. The fourth-order valence-corrected chi connectivity index (χ4v) is 4.56. The standard InChI is InChI=1S/C29H42N2O2/c1-2-3-4-5-6-7-8-9-10-13-22-30-29(32)26-18-16-24(17-19-26)23-31-33-28-21-20-25-14-11-12-15-27(25)28/h11-12,14-19,28,31H,2-10,13,20-23H2,1H3,(H,30,32). The number of hydroxylamine groups is 1. The van der Waals surface area contributed by atoms with Gasteiger partial charge in [-0.25, -0.2) is 0 Å². The Bertz CT molecular complexity index is 819.